The van der Waals surface area contributed by atoms with E-state index < -0.39 is 31.7 Å². The Labute approximate surface area is 146 Å². The standard InChI is InChI=1S/C16H23NO5S2/c1-11(15(19)20)23-13-8-6-5-7-12(13)14(18)17-9-10-24(21,22)16(2,3)4/h5-8,11H,9-10H2,1-4H3,(H,17,18)(H,19,20). The van der Waals surface area contributed by atoms with E-state index in [1.807, 2.05) is 0 Å². The molecule has 1 rings (SSSR count). The predicted molar refractivity (Wildman–Crippen MR) is 95.3 cm³/mol. The van der Waals surface area contributed by atoms with E-state index in [0.717, 1.165) is 11.8 Å². The first-order valence-electron chi connectivity index (χ1n) is 7.44. The third-order valence-corrected chi connectivity index (χ3v) is 7.15. The van der Waals surface area contributed by atoms with Gasteiger partial charge in [-0.05, 0) is 39.8 Å². The molecule has 6 nitrogen and oxygen atoms in total. The number of amides is 1. The number of benzene rings is 1. The maximum Gasteiger partial charge on any atom is 0.316 e. The van der Waals surface area contributed by atoms with E-state index in [9.17, 15) is 18.0 Å². The van der Waals surface area contributed by atoms with Crippen molar-refractivity contribution >= 4 is 33.5 Å². The van der Waals surface area contributed by atoms with E-state index in [1.54, 1.807) is 45.0 Å². The summed E-state index contributed by atoms with van der Waals surface area (Å²) in [5, 5.41) is 10.9. The second kappa shape index (κ2) is 8.02. The van der Waals surface area contributed by atoms with Crippen LogP contribution in [0.3, 0.4) is 0 Å². The first kappa shape index (κ1) is 20.5. The lowest BCUT2D eigenvalue weighted by atomic mass is 10.2. The molecule has 0 radical (unpaired) electrons. The number of thioether (sulfide) groups is 1. The fourth-order valence-corrected chi connectivity index (χ4v) is 3.61. The van der Waals surface area contributed by atoms with Crippen molar-refractivity contribution in [1.82, 2.24) is 5.32 Å². The van der Waals surface area contributed by atoms with Crippen LogP contribution in [0.5, 0.6) is 0 Å². The van der Waals surface area contributed by atoms with E-state index in [-0.39, 0.29) is 12.3 Å². The highest BCUT2D eigenvalue weighted by Gasteiger charge is 2.28. The average molecular weight is 373 g/mol. The van der Waals surface area contributed by atoms with Crippen LogP contribution in [-0.4, -0.2) is 47.7 Å². The maximum atomic E-state index is 12.3. The van der Waals surface area contributed by atoms with Crippen molar-refractivity contribution < 1.29 is 23.1 Å². The van der Waals surface area contributed by atoms with E-state index in [2.05, 4.69) is 5.32 Å². The monoisotopic (exact) mass is 373 g/mol. The van der Waals surface area contributed by atoms with Crippen molar-refractivity contribution in [3.8, 4) is 0 Å². The third-order valence-electron chi connectivity index (χ3n) is 3.37. The van der Waals surface area contributed by atoms with Crippen LogP contribution in [-0.2, 0) is 14.6 Å². The molecule has 0 aliphatic carbocycles. The molecule has 0 saturated carbocycles. The number of nitrogens with one attached hydrogen (secondary N) is 1. The van der Waals surface area contributed by atoms with Gasteiger partial charge in [0.05, 0.1) is 16.1 Å². The Hall–Kier alpha value is -1.54. The van der Waals surface area contributed by atoms with Crippen molar-refractivity contribution in [3.63, 3.8) is 0 Å². The van der Waals surface area contributed by atoms with Gasteiger partial charge in [0.25, 0.3) is 5.91 Å². The number of sulfone groups is 1. The molecule has 8 heteroatoms. The van der Waals surface area contributed by atoms with Crippen LogP contribution >= 0.6 is 11.8 Å². The Morgan fingerprint density at radius 3 is 2.38 bits per heavy atom. The highest BCUT2D eigenvalue weighted by Crippen LogP contribution is 2.27. The molecule has 0 spiro atoms. The molecular formula is C16H23NO5S2. The molecule has 0 aromatic heterocycles. The minimum absolute atomic E-state index is 0.00587. The Balaban J connectivity index is 2.78. The molecule has 0 aliphatic heterocycles. The summed E-state index contributed by atoms with van der Waals surface area (Å²) in [5.74, 6) is -1.53. The van der Waals surface area contributed by atoms with Gasteiger partial charge in [0.15, 0.2) is 9.84 Å². The molecule has 2 N–H and O–H groups in total. The lowest BCUT2D eigenvalue weighted by Gasteiger charge is -2.19. The van der Waals surface area contributed by atoms with Gasteiger partial charge in [-0.1, -0.05) is 12.1 Å². The van der Waals surface area contributed by atoms with Crippen molar-refractivity contribution in [1.29, 1.82) is 0 Å². The minimum Gasteiger partial charge on any atom is -0.480 e. The van der Waals surface area contributed by atoms with Gasteiger partial charge in [-0.15, -0.1) is 11.8 Å². The summed E-state index contributed by atoms with van der Waals surface area (Å²) in [4.78, 5) is 23.8. The average Bonchev–Trinajstić information content (AvgIpc) is 2.46. The van der Waals surface area contributed by atoms with Crippen LogP contribution in [0, 0.1) is 0 Å². The fraction of sp³-hybridized carbons (Fsp3) is 0.500. The molecule has 0 aliphatic rings. The quantitative estimate of drug-likeness (QED) is 0.711. The Bertz CT molecular complexity index is 707. The van der Waals surface area contributed by atoms with E-state index in [0.29, 0.717) is 10.5 Å². The smallest absolute Gasteiger partial charge is 0.316 e. The molecule has 1 aromatic carbocycles. The molecule has 1 unspecified atom stereocenters. The molecule has 1 amide bonds. The largest absolute Gasteiger partial charge is 0.480 e. The van der Waals surface area contributed by atoms with Crippen molar-refractivity contribution in [2.45, 2.75) is 42.6 Å². The zero-order valence-electron chi connectivity index (χ0n) is 14.2. The Kier molecular flexibility index (Phi) is 6.86. The van der Waals surface area contributed by atoms with Crippen LogP contribution in [0.4, 0.5) is 0 Å². The first-order chi connectivity index (χ1) is 11.0. The zero-order chi connectivity index (χ0) is 18.5. The molecule has 0 saturated heterocycles. The van der Waals surface area contributed by atoms with Crippen molar-refractivity contribution in [2.24, 2.45) is 0 Å². The van der Waals surface area contributed by atoms with Gasteiger partial charge < -0.3 is 10.4 Å². The lowest BCUT2D eigenvalue weighted by Crippen LogP contribution is -2.36. The number of hydrogen-bond donors (Lipinski definition) is 2. The Morgan fingerprint density at radius 2 is 1.83 bits per heavy atom. The highest BCUT2D eigenvalue weighted by molar-refractivity contribution is 8.00. The van der Waals surface area contributed by atoms with Gasteiger partial charge >= 0.3 is 5.97 Å². The summed E-state index contributed by atoms with van der Waals surface area (Å²) < 4.78 is 23.2. The number of carbonyl (C=O) groups excluding carboxylic acids is 1. The summed E-state index contributed by atoms with van der Waals surface area (Å²) in [5.41, 5.74) is 0.337. The van der Waals surface area contributed by atoms with Crippen molar-refractivity contribution in [3.05, 3.63) is 29.8 Å². The second-order valence-electron chi connectivity index (χ2n) is 6.28. The number of hydrogen-bond acceptors (Lipinski definition) is 5. The molecule has 1 atom stereocenters. The van der Waals surface area contributed by atoms with Crippen molar-refractivity contribution in [2.75, 3.05) is 12.3 Å². The van der Waals surface area contributed by atoms with Gasteiger partial charge in [-0.3, -0.25) is 9.59 Å². The van der Waals surface area contributed by atoms with Crippen LogP contribution in [0.1, 0.15) is 38.1 Å². The predicted octanol–water partition coefficient (Wildman–Crippen LogP) is 2.19. The van der Waals surface area contributed by atoms with Crippen LogP contribution < -0.4 is 5.32 Å². The first-order valence-corrected chi connectivity index (χ1v) is 9.98. The van der Waals surface area contributed by atoms with Gasteiger partial charge in [0, 0.05) is 11.4 Å². The molecule has 24 heavy (non-hydrogen) atoms. The van der Waals surface area contributed by atoms with Gasteiger partial charge in [-0.25, -0.2) is 8.42 Å². The fourth-order valence-electron chi connectivity index (χ4n) is 1.70. The number of carboxylic acid groups (broad SMARTS) is 1. The van der Waals surface area contributed by atoms with Gasteiger partial charge in [0.2, 0.25) is 0 Å². The summed E-state index contributed by atoms with van der Waals surface area (Å²) in [6.07, 6.45) is 0. The van der Waals surface area contributed by atoms with E-state index >= 15 is 0 Å². The minimum atomic E-state index is -3.31. The molecule has 1 aromatic rings. The molecule has 134 valence electrons. The summed E-state index contributed by atoms with van der Waals surface area (Å²) in [7, 11) is -3.31. The number of aliphatic carboxylic acids is 1. The lowest BCUT2D eigenvalue weighted by molar-refractivity contribution is -0.136. The van der Waals surface area contributed by atoms with Gasteiger partial charge in [-0.2, -0.15) is 0 Å². The SMILES string of the molecule is CC(Sc1ccccc1C(=O)NCCS(=O)(=O)C(C)(C)C)C(=O)O. The molecule has 0 heterocycles. The normalized spacial score (nSPS) is 13.3. The number of carboxylic acids is 1. The third kappa shape index (κ3) is 5.52. The van der Waals surface area contributed by atoms with Gasteiger partial charge in [0.1, 0.15) is 5.25 Å². The maximum absolute atomic E-state index is 12.3. The van der Waals surface area contributed by atoms with E-state index in [4.69, 9.17) is 5.11 Å². The van der Waals surface area contributed by atoms with Crippen LogP contribution in [0.15, 0.2) is 29.2 Å². The highest BCUT2D eigenvalue weighted by atomic mass is 32.2. The number of carbonyl (C=O) groups is 2. The summed E-state index contributed by atoms with van der Waals surface area (Å²) in [6.45, 7) is 6.39. The number of rotatable bonds is 7. The molecular weight excluding hydrogens is 350 g/mol. The molecule has 0 bridgehead atoms. The van der Waals surface area contributed by atoms with E-state index in [1.165, 1.54) is 6.92 Å². The summed E-state index contributed by atoms with van der Waals surface area (Å²) >= 11 is 1.07. The Morgan fingerprint density at radius 1 is 1.25 bits per heavy atom. The summed E-state index contributed by atoms with van der Waals surface area (Å²) in [6, 6.07) is 6.66. The second-order valence-corrected chi connectivity index (χ2v) is 10.5. The molecule has 0 fully saturated rings. The van der Waals surface area contributed by atoms with Crippen LogP contribution in [0.25, 0.3) is 0 Å². The zero-order valence-corrected chi connectivity index (χ0v) is 15.8. The topological polar surface area (TPSA) is 101 Å². The van der Waals surface area contributed by atoms with Crippen LogP contribution in [0.2, 0.25) is 0 Å².